The Hall–Kier alpha value is -3.67. The van der Waals surface area contributed by atoms with Crippen molar-refractivity contribution >= 4 is 39.1 Å². The third kappa shape index (κ3) is 6.80. The third-order valence-corrected chi connectivity index (χ3v) is 8.18. The van der Waals surface area contributed by atoms with Gasteiger partial charge in [-0.05, 0) is 39.0 Å². The van der Waals surface area contributed by atoms with Crippen molar-refractivity contribution in [1.29, 1.82) is 0 Å². The lowest BCUT2D eigenvalue weighted by Crippen LogP contribution is -2.38. The summed E-state index contributed by atoms with van der Waals surface area (Å²) in [4.78, 5) is 32.0. The minimum Gasteiger partial charge on any atom is -0.465 e. The van der Waals surface area contributed by atoms with E-state index in [0.717, 1.165) is 24.2 Å². The van der Waals surface area contributed by atoms with E-state index < -0.39 is 77.9 Å². The van der Waals surface area contributed by atoms with Crippen molar-refractivity contribution in [2.75, 3.05) is 17.8 Å². The van der Waals surface area contributed by atoms with Crippen molar-refractivity contribution in [3.8, 4) is 5.82 Å². The van der Waals surface area contributed by atoms with Gasteiger partial charge in [-0.25, -0.2) is 32.7 Å². The summed E-state index contributed by atoms with van der Waals surface area (Å²) in [7, 11) is -3.23. The highest BCUT2D eigenvalue weighted by atomic mass is 32.2. The zero-order valence-electron chi connectivity index (χ0n) is 22.2. The van der Waals surface area contributed by atoms with Crippen LogP contribution in [-0.2, 0) is 31.8 Å². The maximum absolute atomic E-state index is 14.3. The number of hydrogen-bond donors (Lipinski definition) is 0. The largest absolute Gasteiger partial charge is 0.465 e. The first-order chi connectivity index (χ1) is 18.8. The first kappa shape index (κ1) is 31.9. The number of nitrogens with zero attached hydrogens (tertiary/aromatic N) is 5. The number of amides is 1. The predicted molar refractivity (Wildman–Crippen MR) is 135 cm³/mol. The molecule has 0 N–H and O–H groups in total. The molecule has 224 valence electrons. The van der Waals surface area contributed by atoms with Crippen LogP contribution in [0, 0.1) is 0 Å². The van der Waals surface area contributed by atoms with Crippen LogP contribution >= 0.6 is 11.3 Å². The van der Waals surface area contributed by atoms with E-state index in [-0.39, 0.29) is 17.2 Å². The summed E-state index contributed by atoms with van der Waals surface area (Å²) >= 11 is -0.109. The van der Waals surface area contributed by atoms with Crippen LogP contribution in [0.15, 0.2) is 35.7 Å². The fraction of sp³-hybridized carbons (Fsp3) is 0.435. The molecule has 11 nitrogen and oxygen atoms in total. The molecule has 0 aromatic carbocycles. The van der Waals surface area contributed by atoms with Gasteiger partial charge < -0.3 is 9.47 Å². The number of esters is 1. The number of halogens is 5. The molecular formula is C23H24F5N5O6S2. The van der Waals surface area contributed by atoms with Crippen molar-refractivity contribution < 1.29 is 49.4 Å². The van der Waals surface area contributed by atoms with Crippen LogP contribution in [0.5, 0.6) is 0 Å². The van der Waals surface area contributed by atoms with Crippen molar-refractivity contribution in [3.63, 3.8) is 0 Å². The van der Waals surface area contributed by atoms with Crippen LogP contribution in [0.25, 0.3) is 5.82 Å². The highest BCUT2D eigenvalue weighted by Crippen LogP contribution is 2.47. The zero-order chi connectivity index (χ0) is 31.0. The summed E-state index contributed by atoms with van der Waals surface area (Å²) < 4.78 is 105. The molecule has 0 radical (unpaired) electrons. The second-order valence-electron chi connectivity index (χ2n) is 9.31. The van der Waals surface area contributed by atoms with Crippen LogP contribution in [0.3, 0.4) is 0 Å². The van der Waals surface area contributed by atoms with E-state index in [1.54, 1.807) is 0 Å². The van der Waals surface area contributed by atoms with Crippen LogP contribution in [0.2, 0.25) is 0 Å². The van der Waals surface area contributed by atoms with E-state index in [1.807, 2.05) is 0 Å². The van der Waals surface area contributed by atoms with Crippen molar-refractivity contribution in [1.82, 2.24) is 19.7 Å². The summed E-state index contributed by atoms with van der Waals surface area (Å²) in [6, 6.07) is 2.70. The molecule has 3 aromatic rings. The molecule has 0 saturated carbocycles. The van der Waals surface area contributed by atoms with Gasteiger partial charge in [-0.3, -0.25) is 4.90 Å². The summed E-state index contributed by atoms with van der Waals surface area (Å²) in [5.74, 6) is -7.64. The Morgan fingerprint density at radius 2 is 1.78 bits per heavy atom. The summed E-state index contributed by atoms with van der Waals surface area (Å²) in [5.41, 5.74) is -1.87. The lowest BCUT2D eigenvalue weighted by Gasteiger charge is -2.28. The monoisotopic (exact) mass is 625 g/mol. The number of aromatic nitrogens is 4. The van der Waals surface area contributed by atoms with Crippen LogP contribution in [-0.4, -0.2) is 64.9 Å². The summed E-state index contributed by atoms with van der Waals surface area (Å²) in [6.07, 6.45) is -4.86. The number of ether oxygens (including phenoxy) is 2. The molecule has 0 aliphatic heterocycles. The Balaban J connectivity index is 2.30. The Bertz CT molecular complexity index is 1530. The number of thiophene rings is 1. The first-order valence-electron chi connectivity index (χ1n) is 11.6. The van der Waals surface area contributed by atoms with Crippen molar-refractivity contribution in [3.05, 3.63) is 46.2 Å². The summed E-state index contributed by atoms with van der Waals surface area (Å²) in [5, 5.41) is 3.90. The number of hydrogen-bond acceptors (Lipinski definition) is 10. The number of sulfone groups is 1. The van der Waals surface area contributed by atoms with Gasteiger partial charge in [-0.15, -0.1) is 11.3 Å². The molecule has 0 saturated heterocycles. The Morgan fingerprint density at radius 1 is 1.12 bits per heavy atom. The number of carbonyl (C=O) groups is 2. The Morgan fingerprint density at radius 3 is 2.29 bits per heavy atom. The van der Waals surface area contributed by atoms with E-state index in [1.165, 1.54) is 40.1 Å². The van der Waals surface area contributed by atoms with E-state index in [4.69, 9.17) is 4.74 Å². The molecule has 3 heterocycles. The molecule has 0 spiro atoms. The molecule has 0 aliphatic carbocycles. The second kappa shape index (κ2) is 11.3. The van der Waals surface area contributed by atoms with Gasteiger partial charge >= 0.3 is 24.2 Å². The topological polar surface area (TPSA) is 134 Å². The SMILES string of the molecule is CCS(=O)(=O)c1ccc(-n2cncn2)nc1N(Cc1sc(C(F)(F)C(F)(F)F)cc1C(=O)OC)C(=O)OC(C)(C)C. The standard InChI is InChI=1S/C23H24F5N5O6S2/c1-6-41(36,37)15-7-8-17(33-12-29-11-30-33)31-18(15)32(20(35)39-21(2,3)4)10-14-13(19(34)38-5)9-16(40-14)22(24,25)23(26,27)28/h7-9,11-12H,6,10H2,1-5H3. The average molecular weight is 626 g/mol. The normalized spacial score (nSPS) is 12.7. The second-order valence-corrected chi connectivity index (χ2v) is 12.7. The Kier molecular flexibility index (Phi) is 8.78. The minimum atomic E-state index is -6.00. The molecule has 3 rings (SSSR count). The van der Waals surface area contributed by atoms with E-state index in [2.05, 4.69) is 19.8 Å². The summed E-state index contributed by atoms with van der Waals surface area (Å²) in [6.45, 7) is 4.89. The molecule has 3 aromatic heterocycles. The minimum absolute atomic E-state index is 0.0234. The van der Waals surface area contributed by atoms with Gasteiger partial charge in [0, 0.05) is 4.88 Å². The molecule has 0 atom stereocenters. The highest BCUT2D eigenvalue weighted by molar-refractivity contribution is 7.91. The fourth-order valence-electron chi connectivity index (χ4n) is 3.28. The first-order valence-corrected chi connectivity index (χ1v) is 14.0. The molecule has 0 aliphatic rings. The number of anilines is 1. The molecule has 0 fully saturated rings. The Labute approximate surface area is 234 Å². The van der Waals surface area contributed by atoms with Gasteiger partial charge in [-0.1, -0.05) is 6.92 Å². The van der Waals surface area contributed by atoms with Gasteiger partial charge in [0.15, 0.2) is 21.5 Å². The maximum Gasteiger partial charge on any atom is 0.458 e. The lowest BCUT2D eigenvalue weighted by molar-refractivity contribution is -0.287. The lowest BCUT2D eigenvalue weighted by atomic mass is 10.2. The fourth-order valence-corrected chi connectivity index (χ4v) is 5.43. The van der Waals surface area contributed by atoms with Gasteiger partial charge in [-0.2, -0.15) is 27.1 Å². The average Bonchev–Trinajstić information content (AvgIpc) is 3.55. The predicted octanol–water partition coefficient (Wildman–Crippen LogP) is 4.90. The van der Waals surface area contributed by atoms with E-state index in [9.17, 15) is 40.0 Å². The van der Waals surface area contributed by atoms with Crippen LogP contribution in [0.4, 0.5) is 32.6 Å². The van der Waals surface area contributed by atoms with Crippen molar-refractivity contribution in [2.45, 2.75) is 56.8 Å². The van der Waals surface area contributed by atoms with E-state index >= 15 is 0 Å². The molecule has 18 heteroatoms. The van der Waals surface area contributed by atoms with Crippen LogP contribution in [0.1, 0.15) is 47.8 Å². The third-order valence-electron chi connectivity index (χ3n) is 5.24. The smallest absolute Gasteiger partial charge is 0.458 e. The number of carbonyl (C=O) groups excluding carboxylic acids is 2. The number of pyridine rings is 1. The molecular weight excluding hydrogens is 601 g/mol. The van der Waals surface area contributed by atoms with Gasteiger partial charge in [0.2, 0.25) is 0 Å². The van der Waals surface area contributed by atoms with Crippen LogP contribution < -0.4 is 4.90 Å². The molecule has 1 amide bonds. The molecule has 0 bridgehead atoms. The highest BCUT2D eigenvalue weighted by Gasteiger charge is 2.60. The maximum atomic E-state index is 14.3. The number of methoxy groups -OCH3 is 1. The van der Waals surface area contributed by atoms with Gasteiger partial charge in [0.25, 0.3) is 0 Å². The number of rotatable bonds is 8. The van der Waals surface area contributed by atoms with Gasteiger partial charge in [0.05, 0.1) is 29.8 Å². The zero-order valence-corrected chi connectivity index (χ0v) is 23.8. The van der Waals surface area contributed by atoms with Gasteiger partial charge in [0.1, 0.15) is 23.2 Å². The number of alkyl halides is 5. The van der Waals surface area contributed by atoms with E-state index in [0.29, 0.717) is 11.0 Å². The molecule has 41 heavy (non-hydrogen) atoms. The molecule has 0 unspecified atom stereocenters. The quantitative estimate of drug-likeness (QED) is 0.253. The van der Waals surface area contributed by atoms with Crippen molar-refractivity contribution in [2.24, 2.45) is 0 Å².